The van der Waals surface area contributed by atoms with Crippen LogP contribution in [0, 0.1) is 5.41 Å². The molecule has 4 nitrogen and oxygen atoms in total. The first-order valence-corrected chi connectivity index (χ1v) is 8.40. The van der Waals surface area contributed by atoms with Gasteiger partial charge in [-0.05, 0) is 29.7 Å². The SMILES string of the molecule is CC(C)c1cc2[nH]c(CNC(=O)CC3(C)COC3)cc2cc1Cl. The van der Waals surface area contributed by atoms with E-state index in [-0.39, 0.29) is 11.3 Å². The molecule has 1 saturated heterocycles. The van der Waals surface area contributed by atoms with Crippen LogP contribution in [0.1, 0.15) is 44.4 Å². The van der Waals surface area contributed by atoms with Gasteiger partial charge < -0.3 is 15.0 Å². The van der Waals surface area contributed by atoms with E-state index in [1.54, 1.807) is 0 Å². The molecule has 0 bridgehead atoms. The van der Waals surface area contributed by atoms with Crippen LogP contribution < -0.4 is 5.32 Å². The molecule has 0 atom stereocenters. The van der Waals surface area contributed by atoms with Gasteiger partial charge in [-0.15, -0.1) is 0 Å². The summed E-state index contributed by atoms with van der Waals surface area (Å²) in [5.41, 5.74) is 3.18. The summed E-state index contributed by atoms with van der Waals surface area (Å²) in [6.45, 7) is 8.17. The Balaban J connectivity index is 1.67. The van der Waals surface area contributed by atoms with Crippen molar-refractivity contribution in [1.82, 2.24) is 10.3 Å². The van der Waals surface area contributed by atoms with Crippen LogP contribution in [0.15, 0.2) is 18.2 Å². The quantitative estimate of drug-likeness (QED) is 0.868. The zero-order chi connectivity index (χ0) is 16.6. The number of ether oxygens (including phenoxy) is 1. The Bertz CT molecular complexity index is 732. The lowest BCUT2D eigenvalue weighted by atomic mass is 9.85. The molecule has 0 aliphatic carbocycles. The predicted molar refractivity (Wildman–Crippen MR) is 92.8 cm³/mol. The van der Waals surface area contributed by atoms with Gasteiger partial charge in [0.25, 0.3) is 0 Å². The first-order chi connectivity index (χ1) is 10.9. The maximum atomic E-state index is 12.0. The van der Waals surface area contributed by atoms with Crippen molar-refractivity contribution in [3.63, 3.8) is 0 Å². The smallest absolute Gasteiger partial charge is 0.221 e. The van der Waals surface area contributed by atoms with Crippen LogP contribution in [-0.2, 0) is 16.1 Å². The molecule has 2 heterocycles. The third-order valence-corrected chi connectivity index (χ3v) is 4.71. The van der Waals surface area contributed by atoms with Gasteiger partial charge >= 0.3 is 0 Å². The number of amides is 1. The van der Waals surface area contributed by atoms with E-state index in [9.17, 15) is 4.79 Å². The average molecular weight is 335 g/mol. The van der Waals surface area contributed by atoms with Crippen LogP contribution in [-0.4, -0.2) is 24.1 Å². The summed E-state index contributed by atoms with van der Waals surface area (Å²) in [6, 6.07) is 6.13. The van der Waals surface area contributed by atoms with Crippen molar-refractivity contribution in [2.75, 3.05) is 13.2 Å². The standard InChI is InChI=1S/C18H23ClN2O2/c1-11(2)14-6-16-12(5-15(14)19)4-13(21-16)8-20-17(22)7-18(3)9-23-10-18/h4-6,11,21H,7-10H2,1-3H3,(H,20,22). The number of carbonyl (C=O) groups excluding carboxylic acids is 1. The third kappa shape index (κ3) is 3.54. The predicted octanol–water partition coefficient (Wildman–Crippen LogP) is 3.99. The number of rotatable bonds is 5. The highest BCUT2D eigenvalue weighted by Gasteiger charge is 2.35. The van der Waals surface area contributed by atoms with Crippen LogP contribution in [0.4, 0.5) is 0 Å². The second kappa shape index (κ2) is 6.17. The Morgan fingerprint density at radius 2 is 2.13 bits per heavy atom. The van der Waals surface area contributed by atoms with Crippen molar-refractivity contribution < 1.29 is 9.53 Å². The number of carbonyl (C=O) groups is 1. The minimum atomic E-state index is 0.00419. The molecule has 23 heavy (non-hydrogen) atoms. The molecule has 1 aromatic heterocycles. The van der Waals surface area contributed by atoms with E-state index in [0.717, 1.165) is 27.2 Å². The molecule has 2 N–H and O–H groups in total. The summed E-state index contributed by atoms with van der Waals surface area (Å²) in [5, 5.41) is 4.84. The number of benzene rings is 1. The van der Waals surface area contributed by atoms with Gasteiger partial charge in [-0.25, -0.2) is 0 Å². The van der Waals surface area contributed by atoms with Gasteiger partial charge in [0, 0.05) is 33.5 Å². The average Bonchev–Trinajstić information content (AvgIpc) is 2.84. The van der Waals surface area contributed by atoms with Crippen molar-refractivity contribution >= 4 is 28.4 Å². The monoisotopic (exact) mass is 334 g/mol. The van der Waals surface area contributed by atoms with Gasteiger partial charge in [-0.1, -0.05) is 32.4 Å². The molecule has 0 saturated carbocycles. The van der Waals surface area contributed by atoms with E-state index in [1.807, 2.05) is 12.1 Å². The summed E-state index contributed by atoms with van der Waals surface area (Å²) < 4.78 is 5.18. The van der Waals surface area contributed by atoms with E-state index in [4.69, 9.17) is 16.3 Å². The normalized spacial score (nSPS) is 16.6. The highest BCUT2D eigenvalue weighted by molar-refractivity contribution is 6.32. The Kier molecular flexibility index (Phi) is 4.39. The maximum Gasteiger partial charge on any atom is 0.221 e. The summed E-state index contributed by atoms with van der Waals surface area (Å²) in [7, 11) is 0. The molecule has 1 amide bonds. The zero-order valence-corrected chi connectivity index (χ0v) is 14.6. The molecule has 0 spiro atoms. The number of fused-ring (bicyclic) bond motifs is 1. The van der Waals surface area contributed by atoms with Crippen LogP contribution in [0.5, 0.6) is 0 Å². The summed E-state index contributed by atoms with van der Waals surface area (Å²) in [5.74, 6) is 0.444. The van der Waals surface area contributed by atoms with E-state index >= 15 is 0 Å². The zero-order valence-electron chi connectivity index (χ0n) is 13.8. The molecule has 0 radical (unpaired) electrons. The van der Waals surface area contributed by atoms with Gasteiger partial charge in [0.2, 0.25) is 5.91 Å². The molecule has 3 rings (SSSR count). The minimum Gasteiger partial charge on any atom is -0.380 e. The lowest BCUT2D eigenvalue weighted by Gasteiger charge is -2.37. The van der Waals surface area contributed by atoms with Crippen molar-refractivity contribution in [3.05, 3.63) is 34.5 Å². The van der Waals surface area contributed by atoms with Gasteiger partial charge in [-0.2, -0.15) is 0 Å². The maximum absolute atomic E-state index is 12.0. The third-order valence-electron chi connectivity index (χ3n) is 4.38. The summed E-state index contributed by atoms with van der Waals surface area (Å²) in [6.07, 6.45) is 0.510. The summed E-state index contributed by atoms with van der Waals surface area (Å²) >= 11 is 6.33. The van der Waals surface area contributed by atoms with E-state index in [1.165, 1.54) is 0 Å². The molecule has 124 valence electrons. The van der Waals surface area contributed by atoms with E-state index in [0.29, 0.717) is 32.1 Å². The number of hydrogen-bond donors (Lipinski definition) is 2. The second-order valence-corrected chi connectivity index (χ2v) is 7.57. The van der Waals surface area contributed by atoms with Crippen LogP contribution in [0.3, 0.4) is 0 Å². The Morgan fingerprint density at radius 3 is 2.74 bits per heavy atom. The lowest BCUT2D eigenvalue weighted by Crippen LogP contribution is -2.43. The Labute approximate surface area is 141 Å². The van der Waals surface area contributed by atoms with Gasteiger partial charge in [-0.3, -0.25) is 4.79 Å². The molecule has 1 aliphatic rings. The van der Waals surface area contributed by atoms with Gasteiger partial charge in [0.15, 0.2) is 0 Å². The molecule has 1 aromatic carbocycles. The van der Waals surface area contributed by atoms with Crippen LogP contribution in [0.2, 0.25) is 5.02 Å². The molecule has 1 fully saturated rings. The van der Waals surface area contributed by atoms with E-state index < -0.39 is 0 Å². The fourth-order valence-corrected chi connectivity index (χ4v) is 3.35. The number of aromatic nitrogens is 1. The largest absolute Gasteiger partial charge is 0.380 e. The highest BCUT2D eigenvalue weighted by atomic mass is 35.5. The van der Waals surface area contributed by atoms with Gasteiger partial charge in [0.1, 0.15) is 0 Å². The number of hydrogen-bond acceptors (Lipinski definition) is 2. The first-order valence-electron chi connectivity index (χ1n) is 8.02. The minimum absolute atomic E-state index is 0.00419. The van der Waals surface area contributed by atoms with Crippen molar-refractivity contribution in [3.8, 4) is 0 Å². The molecule has 2 aromatic rings. The van der Waals surface area contributed by atoms with Crippen LogP contribution >= 0.6 is 11.6 Å². The first kappa shape index (κ1) is 16.3. The lowest BCUT2D eigenvalue weighted by molar-refractivity contribution is -0.138. The Hall–Kier alpha value is -1.52. The number of H-pyrrole nitrogens is 1. The second-order valence-electron chi connectivity index (χ2n) is 7.17. The summed E-state index contributed by atoms with van der Waals surface area (Å²) in [4.78, 5) is 15.4. The van der Waals surface area contributed by atoms with Crippen molar-refractivity contribution in [1.29, 1.82) is 0 Å². The molecular weight excluding hydrogens is 312 g/mol. The van der Waals surface area contributed by atoms with E-state index in [2.05, 4.69) is 37.1 Å². The molecule has 0 unspecified atom stereocenters. The fourth-order valence-electron chi connectivity index (χ4n) is 2.96. The fraction of sp³-hybridized carbons (Fsp3) is 0.500. The highest BCUT2D eigenvalue weighted by Crippen LogP contribution is 2.31. The van der Waals surface area contributed by atoms with Crippen LogP contribution in [0.25, 0.3) is 10.9 Å². The topological polar surface area (TPSA) is 54.1 Å². The van der Waals surface area contributed by atoms with Gasteiger partial charge in [0.05, 0.1) is 19.8 Å². The number of halogens is 1. The molecular formula is C18H23ClN2O2. The molecule has 5 heteroatoms. The van der Waals surface area contributed by atoms with Crippen molar-refractivity contribution in [2.24, 2.45) is 5.41 Å². The number of aromatic amines is 1. The van der Waals surface area contributed by atoms with Crippen molar-refractivity contribution in [2.45, 2.75) is 39.7 Å². The Morgan fingerprint density at radius 1 is 1.39 bits per heavy atom. The number of nitrogens with one attached hydrogen (secondary N) is 2. The molecule has 1 aliphatic heterocycles.